The number of rotatable bonds is 7. The lowest BCUT2D eigenvalue weighted by Crippen LogP contribution is -2.12. The van der Waals surface area contributed by atoms with Gasteiger partial charge in [-0.1, -0.05) is 29.8 Å². The van der Waals surface area contributed by atoms with E-state index < -0.39 is 10.0 Å². The summed E-state index contributed by atoms with van der Waals surface area (Å²) >= 11 is 1.39. The molecule has 0 atom stereocenters. The van der Waals surface area contributed by atoms with Crippen molar-refractivity contribution >= 4 is 49.1 Å². The molecule has 6 rings (SSSR count). The fourth-order valence-electron chi connectivity index (χ4n) is 4.30. The Bertz CT molecular complexity index is 1900. The molecule has 0 fully saturated rings. The van der Waals surface area contributed by atoms with Gasteiger partial charge in [-0.05, 0) is 42.8 Å². The van der Waals surface area contributed by atoms with Gasteiger partial charge in [0.1, 0.15) is 17.2 Å². The fraction of sp³-hybridized carbons (Fsp3) is 0.111. The zero-order valence-electron chi connectivity index (χ0n) is 20.2. The van der Waals surface area contributed by atoms with Gasteiger partial charge in [-0.2, -0.15) is 0 Å². The Hall–Kier alpha value is -4.19. The number of fused-ring (bicyclic) bond motifs is 2. The quantitative estimate of drug-likeness (QED) is 0.296. The van der Waals surface area contributed by atoms with Crippen molar-refractivity contribution in [2.24, 2.45) is 0 Å². The number of aromatic nitrogens is 5. The zero-order chi connectivity index (χ0) is 26.3. The van der Waals surface area contributed by atoms with Crippen molar-refractivity contribution in [3.8, 4) is 11.1 Å². The molecule has 0 aliphatic carbocycles. The van der Waals surface area contributed by atoms with Gasteiger partial charge in [-0.25, -0.2) is 27.3 Å². The van der Waals surface area contributed by atoms with Gasteiger partial charge in [0.05, 0.1) is 33.8 Å². The highest BCUT2D eigenvalue weighted by molar-refractivity contribution is 7.90. The highest BCUT2D eigenvalue weighted by Crippen LogP contribution is 2.37. The normalized spacial score (nSPS) is 11.8. The van der Waals surface area contributed by atoms with Gasteiger partial charge >= 0.3 is 0 Å². The van der Waals surface area contributed by atoms with Crippen LogP contribution in [-0.4, -0.2) is 37.4 Å². The van der Waals surface area contributed by atoms with Gasteiger partial charge in [0.25, 0.3) is 10.0 Å². The third-order valence-electron chi connectivity index (χ3n) is 6.21. The number of hydrogen-bond acceptors (Lipinski definition) is 9. The summed E-state index contributed by atoms with van der Waals surface area (Å²) in [4.78, 5) is 18.5. The highest BCUT2D eigenvalue weighted by atomic mass is 32.2. The number of pyridine rings is 1. The van der Waals surface area contributed by atoms with Gasteiger partial charge < -0.3 is 10.4 Å². The second-order valence-electron chi connectivity index (χ2n) is 8.72. The molecule has 9 nitrogen and oxygen atoms in total. The first-order chi connectivity index (χ1) is 18.4. The molecular weight excluding hydrogens is 520 g/mol. The van der Waals surface area contributed by atoms with Crippen molar-refractivity contribution in [3.63, 3.8) is 0 Å². The van der Waals surface area contributed by atoms with Crippen LogP contribution in [0.25, 0.3) is 33.1 Å². The summed E-state index contributed by atoms with van der Waals surface area (Å²) in [5.74, 6) is 0.481. The van der Waals surface area contributed by atoms with E-state index in [0.29, 0.717) is 23.3 Å². The summed E-state index contributed by atoms with van der Waals surface area (Å²) in [5.41, 5.74) is 3.54. The second kappa shape index (κ2) is 9.60. The van der Waals surface area contributed by atoms with Crippen LogP contribution in [0.3, 0.4) is 0 Å². The lowest BCUT2D eigenvalue weighted by molar-refractivity contribution is 0.285. The van der Waals surface area contributed by atoms with Gasteiger partial charge in [-0.3, -0.25) is 4.98 Å². The summed E-state index contributed by atoms with van der Waals surface area (Å²) < 4.78 is 28.8. The van der Waals surface area contributed by atoms with Crippen molar-refractivity contribution in [1.29, 1.82) is 0 Å². The number of hydrogen-bond donors (Lipinski definition) is 2. The summed E-state index contributed by atoms with van der Waals surface area (Å²) in [6.07, 6.45) is 6.32. The van der Waals surface area contributed by atoms with Gasteiger partial charge in [0.15, 0.2) is 5.65 Å². The molecule has 0 radical (unpaired) electrons. The summed E-state index contributed by atoms with van der Waals surface area (Å²) in [6, 6.07) is 16.4. The highest BCUT2D eigenvalue weighted by Gasteiger charge is 2.25. The number of nitrogens with one attached hydrogen (secondary N) is 1. The molecule has 2 aromatic carbocycles. The van der Waals surface area contributed by atoms with Crippen molar-refractivity contribution in [2.75, 3.05) is 5.32 Å². The Morgan fingerprint density at radius 1 is 1.03 bits per heavy atom. The molecule has 38 heavy (non-hydrogen) atoms. The predicted molar refractivity (Wildman–Crippen MR) is 147 cm³/mol. The fourth-order valence-corrected chi connectivity index (χ4v) is 6.34. The molecule has 11 heteroatoms. The van der Waals surface area contributed by atoms with Crippen molar-refractivity contribution in [3.05, 3.63) is 95.0 Å². The van der Waals surface area contributed by atoms with E-state index in [1.165, 1.54) is 21.6 Å². The smallest absolute Gasteiger partial charge is 0.269 e. The van der Waals surface area contributed by atoms with Crippen LogP contribution < -0.4 is 5.32 Å². The molecule has 4 aromatic heterocycles. The monoisotopic (exact) mass is 542 g/mol. The zero-order valence-corrected chi connectivity index (χ0v) is 21.9. The molecule has 0 spiro atoms. The molecule has 190 valence electrons. The molecule has 0 aliphatic heterocycles. The minimum atomic E-state index is -3.95. The summed E-state index contributed by atoms with van der Waals surface area (Å²) in [7, 11) is -3.95. The largest absolute Gasteiger partial charge is 0.391 e. The van der Waals surface area contributed by atoms with Crippen molar-refractivity contribution < 1.29 is 13.5 Å². The third kappa shape index (κ3) is 4.30. The summed E-state index contributed by atoms with van der Waals surface area (Å²) in [5, 5.41) is 14.9. The van der Waals surface area contributed by atoms with Gasteiger partial charge in [0, 0.05) is 29.5 Å². The number of aryl methyl sites for hydroxylation is 1. The van der Waals surface area contributed by atoms with Crippen LogP contribution in [-0.2, 0) is 23.2 Å². The van der Waals surface area contributed by atoms with E-state index >= 15 is 0 Å². The first kappa shape index (κ1) is 24.2. The van der Waals surface area contributed by atoms with Crippen LogP contribution >= 0.6 is 11.3 Å². The maximum atomic E-state index is 13.8. The van der Waals surface area contributed by atoms with Crippen LogP contribution in [0.1, 0.15) is 15.4 Å². The Morgan fingerprint density at radius 3 is 2.66 bits per heavy atom. The lowest BCUT2D eigenvalue weighted by atomic mass is 10.0. The molecule has 0 saturated heterocycles. The minimum absolute atomic E-state index is 0.0733. The van der Waals surface area contributed by atoms with E-state index in [1.54, 1.807) is 42.9 Å². The number of aliphatic hydroxyl groups is 1. The maximum absolute atomic E-state index is 13.8. The van der Waals surface area contributed by atoms with Crippen molar-refractivity contribution in [2.45, 2.75) is 25.0 Å². The molecule has 2 N–H and O–H groups in total. The Morgan fingerprint density at radius 2 is 1.87 bits per heavy atom. The molecule has 6 aromatic rings. The van der Waals surface area contributed by atoms with Gasteiger partial charge in [0.2, 0.25) is 0 Å². The number of benzene rings is 2. The molecule has 0 amide bonds. The van der Waals surface area contributed by atoms with E-state index in [4.69, 9.17) is 0 Å². The maximum Gasteiger partial charge on any atom is 0.269 e. The number of thiazole rings is 1. The van der Waals surface area contributed by atoms with Crippen LogP contribution in [0.4, 0.5) is 5.82 Å². The van der Waals surface area contributed by atoms with E-state index in [2.05, 4.69) is 25.3 Å². The summed E-state index contributed by atoms with van der Waals surface area (Å²) in [6.45, 7) is 2.19. The van der Waals surface area contributed by atoms with E-state index in [9.17, 15) is 13.5 Å². The topological polar surface area (TPSA) is 123 Å². The molecule has 0 unspecified atom stereocenters. The molecular formula is C27H22N6O3S2. The second-order valence-corrected chi connectivity index (χ2v) is 11.7. The number of aliphatic hydroxyl groups excluding tert-OH is 1. The standard InChI is InChI=1S/C27H22N6O3S2/c1-17-4-7-21(8-5-17)38(35,36)33-14-22(18-6-9-23-19(11-18)3-2-10-28-23)25-26(31-16-32-27(25)33)30-13-24-29-12-20(15-34)37-24/h2-12,14,16,34H,13,15H2,1H3,(H,30,31,32). The first-order valence-electron chi connectivity index (χ1n) is 11.8. The SMILES string of the molecule is Cc1ccc(S(=O)(=O)n2cc(-c3ccc4ncccc4c3)c3c(NCc4ncc(CO)s4)ncnc32)cc1. The van der Waals surface area contributed by atoms with Crippen LogP contribution in [0, 0.1) is 6.92 Å². The number of nitrogens with zero attached hydrogens (tertiary/aromatic N) is 5. The Balaban J connectivity index is 1.54. The Labute approximate surface area is 222 Å². The average Bonchev–Trinajstić information content (AvgIpc) is 3.57. The number of anilines is 1. The van der Waals surface area contributed by atoms with Crippen molar-refractivity contribution in [1.82, 2.24) is 23.9 Å². The van der Waals surface area contributed by atoms with Crippen LogP contribution in [0.2, 0.25) is 0 Å². The van der Waals surface area contributed by atoms with E-state index in [1.807, 2.05) is 37.3 Å². The third-order valence-corrected chi connectivity index (χ3v) is 8.85. The molecule has 0 saturated carbocycles. The van der Waals surface area contributed by atoms with E-state index in [-0.39, 0.29) is 17.1 Å². The van der Waals surface area contributed by atoms with Crippen LogP contribution in [0.5, 0.6) is 0 Å². The predicted octanol–water partition coefficient (Wildman–Crippen LogP) is 4.75. The molecule has 4 heterocycles. The van der Waals surface area contributed by atoms with Gasteiger partial charge in [-0.15, -0.1) is 11.3 Å². The van der Waals surface area contributed by atoms with E-state index in [0.717, 1.165) is 31.9 Å². The Kier molecular flexibility index (Phi) is 6.10. The molecule has 0 bridgehead atoms. The minimum Gasteiger partial charge on any atom is -0.391 e. The van der Waals surface area contributed by atoms with Crippen LogP contribution in [0.15, 0.2) is 84.4 Å². The average molecular weight is 543 g/mol. The molecule has 0 aliphatic rings. The first-order valence-corrected chi connectivity index (χ1v) is 14.0. The lowest BCUT2D eigenvalue weighted by Gasteiger charge is -2.09.